The molecule has 2 aromatic carbocycles. The summed E-state index contributed by atoms with van der Waals surface area (Å²) >= 11 is 0. The van der Waals surface area contributed by atoms with Crippen LogP contribution in [0.1, 0.15) is 22.4 Å². The van der Waals surface area contributed by atoms with E-state index in [9.17, 15) is 0 Å². The molecule has 1 heterocycles. The second-order valence-corrected chi connectivity index (χ2v) is 6.26. The Balaban J connectivity index is 1.73. The van der Waals surface area contributed by atoms with Crippen molar-refractivity contribution >= 4 is 11.6 Å². The Morgan fingerprint density at radius 3 is 2.42 bits per heavy atom. The zero-order valence-electron chi connectivity index (χ0n) is 15.2. The largest absolute Gasteiger partial charge is 0.350 e. The fourth-order valence-electron chi connectivity index (χ4n) is 2.53. The zero-order chi connectivity index (χ0) is 18.2. The molecule has 0 spiro atoms. The van der Waals surface area contributed by atoms with Crippen molar-refractivity contribution in [2.24, 2.45) is 4.99 Å². The van der Waals surface area contributed by atoms with Gasteiger partial charge in [0.15, 0.2) is 5.96 Å². The minimum absolute atomic E-state index is 0.615. The number of rotatable bonds is 5. The number of benzene rings is 2. The first-order valence-electron chi connectivity index (χ1n) is 8.77. The van der Waals surface area contributed by atoms with Gasteiger partial charge in [-0.2, -0.15) is 0 Å². The predicted octanol–water partition coefficient (Wildman–Crippen LogP) is 4.46. The Bertz CT molecular complexity index is 855. The normalized spacial score (nSPS) is 11.2. The smallest absolute Gasteiger partial charge is 0.196 e. The zero-order valence-corrected chi connectivity index (χ0v) is 15.2. The molecule has 0 aliphatic rings. The number of nitrogens with zero attached hydrogens (tertiary/aromatic N) is 2. The first kappa shape index (κ1) is 17.7. The topological polar surface area (TPSA) is 49.3 Å². The van der Waals surface area contributed by atoms with Gasteiger partial charge in [0.2, 0.25) is 0 Å². The van der Waals surface area contributed by atoms with Crippen molar-refractivity contribution in [3.8, 4) is 0 Å². The number of pyridine rings is 1. The fraction of sp³-hybridized carbons (Fsp3) is 0.182. The van der Waals surface area contributed by atoms with Crippen LogP contribution < -0.4 is 10.6 Å². The Kier molecular flexibility index (Phi) is 5.99. The molecular weight excluding hydrogens is 320 g/mol. The number of hydrogen-bond donors (Lipinski definition) is 2. The Morgan fingerprint density at radius 2 is 1.69 bits per heavy atom. The van der Waals surface area contributed by atoms with Gasteiger partial charge in [0.05, 0.1) is 18.8 Å². The van der Waals surface area contributed by atoms with Gasteiger partial charge in [-0.15, -0.1) is 0 Å². The molecule has 0 saturated carbocycles. The summed E-state index contributed by atoms with van der Waals surface area (Å²) in [5.41, 5.74) is 5.62. The summed E-state index contributed by atoms with van der Waals surface area (Å²) in [6.45, 7) is 5.40. The number of nitrogens with one attached hydrogen (secondary N) is 2. The van der Waals surface area contributed by atoms with E-state index in [1.54, 1.807) is 0 Å². The third-order valence-corrected chi connectivity index (χ3v) is 4.12. The molecule has 0 atom stereocenters. The van der Waals surface area contributed by atoms with Crippen LogP contribution in [0.5, 0.6) is 0 Å². The number of hydrogen-bond acceptors (Lipinski definition) is 2. The van der Waals surface area contributed by atoms with Gasteiger partial charge in [-0.05, 0) is 43.2 Å². The number of guanidine groups is 1. The van der Waals surface area contributed by atoms with Crippen LogP contribution in [0.4, 0.5) is 5.69 Å². The highest BCUT2D eigenvalue weighted by Gasteiger charge is 2.03. The summed E-state index contributed by atoms with van der Waals surface area (Å²) in [5, 5.41) is 6.74. The van der Waals surface area contributed by atoms with Gasteiger partial charge in [-0.3, -0.25) is 4.98 Å². The first-order chi connectivity index (χ1) is 12.7. The van der Waals surface area contributed by atoms with E-state index >= 15 is 0 Å². The summed E-state index contributed by atoms with van der Waals surface area (Å²) in [7, 11) is 0. The highest BCUT2D eigenvalue weighted by Crippen LogP contribution is 2.08. The lowest BCUT2D eigenvalue weighted by molar-refractivity contribution is 0.849. The molecule has 3 rings (SSSR count). The van der Waals surface area contributed by atoms with Gasteiger partial charge >= 0.3 is 0 Å². The molecule has 0 unspecified atom stereocenters. The highest BCUT2D eigenvalue weighted by molar-refractivity contribution is 5.93. The molecule has 4 heteroatoms. The third-order valence-electron chi connectivity index (χ3n) is 4.12. The highest BCUT2D eigenvalue weighted by atomic mass is 15.2. The molecule has 0 bridgehead atoms. The van der Waals surface area contributed by atoms with Gasteiger partial charge in [0.25, 0.3) is 0 Å². The first-order valence-corrected chi connectivity index (χ1v) is 8.77. The summed E-state index contributed by atoms with van der Waals surface area (Å²) in [6, 6.07) is 22.5. The van der Waals surface area contributed by atoms with E-state index in [0.29, 0.717) is 13.1 Å². The van der Waals surface area contributed by atoms with Gasteiger partial charge < -0.3 is 10.6 Å². The minimum atomic E-state index is 0.615. The lowest BCUT2D eigenvalue weighted by Crippen LogP contribution is -2.31. The Hall–Kier alpha value is -3.14. The molecule has 0 aliphatic carbocycles. The van der Waals surface area contributed by atoms with Crippen LogP contribution >= 0.6 is 0 Å². The van der Waals surface area contributed by atoms with E-state index in [-0.39, 0.29) is 0 Å². The average molecular weight is 344 g/mol. The third kappa shape index (κ3) is 5.18. The van der Waals surface area contributed by atoms with Crippen molar-refractivity contribution in [3.63, 3.8) is 0 Å². The lowest BCUT2D eigenvalue weighted by Gasteiger charge is -2.13. The number of aromatic nitrogens is 1. The van der Waals surface area contributed by atoms with Gasteiger partial charge in [-0.1, -0.05) is 54.1 Å². The van der Waals surface area contributed by atoms with E-state index < -0.39 is 0 Å². The molecule has 2 N–H and O–H groups in total. The molecule has 0 saturated heterocycles. The summed E-state index contributed by atoms with van der Waals surface area (Å²) in [5.74, 6) is 0.738. The van der Waals surface area contributed by atoms with Crippen LogP contribution in [0.3, 0.4) is 0 Å². The quantitative estimate of drug-likeness (QED) is 0.531. The van der Waals surface area contributed by atoms with Crippen molar-refractivity contribution in [2.75, 3.05) is 5.32 Å². The van der Waals surface area contributed by atoms with Crippen LogP contribution in [0.2, 0.25) is 0 Å². The number of aliphatic imine (C=N–C) groups is 1. The van der Waals surface area contributed by atoms with E-state index in [0.717, 1.165) is 22.9 Å². The Morgan fingerprint density at radius 1 is 0.923 bits per heavy atom. The van der Waals surface area contributed by atoms with Crippen molar-refractivity contribution in [1.82, 2.24) is 10.3 Å². The molecule has 0 amide bonds. The van der Waals surface area contributed by atoms with Crippen molar-refractivity contribution in [2.45, 2.75) is 26.9 Å². The van der Waals surface area contributed by atoms with Crippen molar-refractivity contribution in [3.05, 3.63) is 95.3 Å². The SMILES string of the molecule is Cc1ccc(CN=C(NCc2ncccc2C)Nc2ccccc2)cc1. The molecule has 132 valence electrons. The molecule has 3 aromatic rings. The summed E-state index contributed by atoms with van der Waals surface area (Å²) < 4.78 is 0. The van der Waals surface area contributed by atoms with Gasteiger partial charge in [0, 0.05) is 11.9 Å². The van der Waals surface area contributed by atoms with E-state index in [2.05, 4.69) is 59.8 Å². The summed E-state index contributed by atoms with van der Waals surface area (Å²) in [4.78, 5) is 9.17. The lowest BCUT2D eigenvalue weighted by atomic mass is 10.1. The van der Waals surface area contributed by atoms with Gasteiger partial charge in [0.1, 0.15) is 0 Å². The van der Waals surface area contributed by atoms with Crippen LogP contribution in [0, 0.1) is 13.8 Å². The maximum Gasteiger partial charge on any atom is 0.196 e. The van der Waals surface area contributed by atoms with E-state index in [1.807, 2.05) is 42.6 Å². The minimum Gasteiger partial charge on any atom is -0.350 e. The van der Waals surface area contributed by atoms with Crippen LogP contribution in [-0.2, 0) is 13.1 Å². The second kappa shape index (κ2) is 8.81. The van der Waals surface area contributed by atoms with E-state index in [4.69, 9.17) is 4.99 Å². The monoisotopic (exact) mass is 344 g/mol. The number of aryl methyl sites for hydroxylation is 2. The Labute approximate surface area is 155 Å². The number of para-hydroxylation sites is 1. The number of anilines is 1. The molecule has 1 aromatic heterocycles. The van der Waals surface area contributed by atoms with Crippen molar-refractivity contribution < 1.29 is 0 Å². The van der Waals surface area contributed by atoms with Crippen LogP contribution in [0.25, 0.3) is 0 Å². The summed E-state index contributed by atoms with van der Waals surface area (Å²) in [6.07, 6.45) is 1.82. The maximum atomic E-state index is 4.73. The molecule has 0 aliphatic heterocycles. The molecule has 0 fully saturated rings. The predicted molar refractivity (Wildman–Crippen MR) is 108 cm³/mol. The van der Waals surface area contributed by atoms with E-state index in [1.165, 1.54) is 11.1 Å². The fourth-order valence-corrected chi connectivity index (χ4v) is 2.53. The van der Waals surface area contributed by atoms with Crippen LogP contribution in [-0.4, -0.2) is 10.9 Å². The maximum absolute atomic E-state index is 4.73. The molecular formula is C22H24N4. The van der Waals surface area contributed by atoms with Gasteiger partial charge in [-0.25, -0.2) is 4.99 Å². The average Bonchev–Trinajstić information content (AvgIpc) is 2.67. The molecule has 0 radical (unpaired) electrons. The second-order valence-electron chi connectivity index (χ2n) is 6.26. The van der Waals surface area contributed by atoms with Crippen LogP contribution in [0.15, 0.2) is 77.9 Å². The van der Waals surface area contributed by atoms with Crippen molar-refractivity contribution in [1.29, 1.82) is 0 Å². The molecule has 26 heavy (non-hydrogen) atoms. The molecule has 4 nitrogen and oxygen atoms in total. The standard InChI is InChI=1S/C22H24N4/c1-17-10-12-19(13-11-17)15-24-22(26-20-8-4-3-5-9-20)25-16-21-18(2)7-6-14-23-21/h3-14H,15-16H2,1-2H3,(H2,24,25,26).